The normalized spacial score (nSPS) is 26.4. The van der Waals surface area contributed by atoms with Gasteiger partial charge in [-0.2, -0.15) is 0 Å². The molecular formula is C32H38N10O8. The summed E-state index contributed by atoms with van der Waals surface area (Å²) in [6, 6.07) is 14.9. The van der Waals surface area contributed by atoms with Crippen molar-refractivity contribution in [2.75, 3.05) is 0 Å². The van der Waals surface area contributed by atoms with Crippen LogP contribution in [0.25, 0.3) is 31.3 Å². The topological polar surface area (TPSA) is 247 Å². The monoisotopic (exact) mass is 690 g/mol. The van der Waals surface area contributed by atoms with Gasteiger partial charge in [0.1, 0.15) is 18.8 Å². The second-order valence-corrected chi connectivity index (χ2v) is 11.8. The van der Waals surface area contributed by atoms with E-state index < -0.39 is 72.9 Å². The molecule has 0 spiro atoms. The van der Waals surface area contributed by atoms with Gasteiger partial charge in [-0.3, -0.25) is 14.5 Å². The van der Waals surface area contributed by atoms with Crippen LogP contribution < -0.4 is 0 Å². The van der Waals surface area contributed by atoms with E-state index in [1.807, 2.05) is 60.7 Å². The maximum atomic E-state index is 13.6. The minimum Gasteiger partial charge on any atom is -0.458 e. The standard InChI is InChI=1S/C32H38N10O8/c1-19(42(17-22-10-6-4-7-11-22)32(45)46-18-23-12-8-5-9-13-23)27-15-14-24(36-39-33)31(49-27)50-29-26(38-41-35)16-25(37-40-34)28(47-20(2)43)30(29)48-21(3)44/h4-13,19,24-31H,14-18H2,1-3H3/t19-,24+,25-,26+,27+,28+,29-,30-,31-/m1/s1. The number of amides is 1. The lowest BCUT2D eigenvalue weighted by atomic mass is 9.84. The molecule has 2 aromatic carbocycles. The average molecular weight is 691 g/mol. The third-order valence-corrected chi connectivity index (χ3v) is 8.42. The van der Waals surface area contributed by atoms with Crippen LogP contribution in [0, 0.1) is 0 Å². The SMILES string of the molecule is CC(=O)O[C@@H]1[C@@H](OC(C)=O)[C@H](N=[N+]=[N-])C[C@H](N=[N+]=[N-])[C@H]1O[C@H]1O[C@H]([C@@H](C)N(Cc2ccccc2)C(=O)OCc2ccccc2)CC[C@@H]1N=[N+]=[N-]. The molecule has 1 aliphatic carbocycles. The van der Waals surface area contributed by atoms with Crippen LogP contribution in [-0.4, -0.2) is 77.8 Å². The highest BCUT2D eigenvalue weighted by Crippen LogP contribution is 2.36. The number of hydrogen-bond donors (Lipinski definition) is 0. The zero-order valence-corrected chi connectivity index (χ0v) is 27.7. The first-order valence-electron chi connectivity index (χ1n) is 15.9. The highest BCUT2D eigenvalue weighted by Gasteiger charge is 2.51. The second-order valence-electron chi connectivity index (χ2n) is 11.8. The molecule has 0 N–H and O–H groups in total. The zero-order chi connectivity index (χ0) is 36.0. The summed E-state index contributed by atoms with van der Waals surface area (Å²) in [5.74, 6) is -1.53. The summed E-state index contributed by atoms with van der Waals surface area (Å²) in [4.78, 5) is 48.2. The minimum absolute atomic E-state index is 0.0499. The van der Waals surface area contributed by atoms with Gasteiger partial charge < -0.3 is 23.7 Å². The van der Waals surface area contributed by atoms with E-state index in [1.54, 1.807) is 11.8 Å². The van der Waals surface area contributed by atoms with Crippen molar-refractivity contribution in [1.29, 1.82) is 0 Å². The Morgan fingerprint density at radius 3 is 1.92 bits per heavy atom. The summed E-state index contributed by atoms with van der Waals surface area (Å²) < 4.78 is 29.5. The molecule has 264 valence electrons. The lowest BCUT2D eigenvalue weighted by molar-refractivity contribution is -0.263. The highest BCUT2D eigenvalue weighted by atomic mass is 16.7. The van der Waals surface area contributed by atoms with Crippen LogP contribution in [0.3, 0.4) is 0 Å². The van der Waals surface area contributed by atoms with Crippen LogP contribution in [0.2, 0.25) is 0 Å². The number of ether oxygens (including phenoxy) is 5. The molecule has 0 radical (unpaired) electrons. The number of esters is 2. The number of benzene rings is 2. The Hall–Kier alpha value is -5.50. The molecule has 2 aromatic rings. The van der Waals surface area contributed by atoms with Gasteiger partial charge in [0.25, 0.3) is 0 Å². The molecule has 1 amide bonds. The van der Waals surface area contributed by atoms with Crippen molar-refractivity contribution < 1.29 is 38.1 Å². The lowest BCUT2D eigenvalue weighted by Gasteiger charge is -2.46. The summed E-state index contributed by atoms with van der Waals surface area (Å²) in [5.41, 5.74) is 29.6. The lowest BCUT2D eigenvalue weighted by Crippen LogP contribution is -2.60. The number of nitrogens with zero attached hydrogens (tertiary/aromatic N) is 10. The van der Waals surface area contributed by atoms with E-state index in [-0.39, 0.29) is 26.0 Å². The van der Waals surface area contributed by atoms with E-state index in [0.29, 0.717) is 6.42 Å². The Bertz CT molecular complexity index is 1620. The van der Waals surface area contributed by atoms with Crippen molar-refractivity contribution in [3.63, 3.8) is 0 Å². The first-order valence-corrected chi connectivity index (χ1v) is 15.9. The minimum atomic E-state index is -1.41. The van der Waals surface area contributed by atoms with Crippen molar-refractivity contribution >= 4 is 18.0 Å². The van der Waals surface area contributed by atoms with Gasteiger partial charge in [0, 0.05) is 35.1 Å². The van der Waals surface area contributed by atoms with Crippen LogP contribution in [0.5, 0.6) is 0 Å². The Morgan fingerprint density at radius 1 is 0.800 bits per heavy atom. The molecule has 2 fully saturated rings. The van der Waals surface area contributed by atoms with E-state index in [2.05, 4.69) is 30.1 Å². The van der Waals surface area contributed by atoms with Gasteiger partial charge in [0.2, 0.25) is 0 Å². The molecule has 2 aliphatic rings. The van der Waals surface area contributed by atoms with Gasteiger partial charge in [-0.05, 0) is 53.9 Å². The van der Waals surface area contributed by atoms with Crippen molar-refractivity contribution in [3.8, 4) is 0 Å². The molecule has 0 aromatic heterocycles. The maximum absolute atomic E-state index is 13.6. The Labute approximate surface area is 287 Å². The Morgan fingerprint density at radius 2 is 1.34 bits per heavy atom. The third kappa shape index (κ3) is 10.0. The van der Waals surface area contributed by atoms with Crippen molar-refractivity contribution in [2.24, 2.45) is 15.3 Å². The largest absolute Gasteiger partial charge is 0.458 e. The molecule has 1 heterocycles. The number of azide groups is 3. The van der Waals surface area contributed by atoms with Crippen LogP contribution >= 0.6 is 0 Å². The maximum Gasteiger partial charge on any atom is 0.410 e. The summed E-state index contributed by atoms with van der Waals surface area (Å²) >= 11 is 0. The van der Waals surface area contributed by atoms with Gasteiger partial charge in [-0.25, -0.2) is 4.79 Å². The molecule has 1 saturated carbocycles. The summed E-state index contributed by atoms with van der Waals surface area (Å²) in [6.07, 6.45) is -6.07. The van der Waals surface area contributed by atoms with Crippen molar-refractivity contribution in [3.05, 3.63) is 103 Å². The van der Waals surface area contributed by atoms with Crippen LogP contribution in [0.15, 0.2) is 76.0 Å². The number of rotatable bonds is 13. The molecule has 50 heavy (non-hydrogen) atoms. The molecule has 18 nitrogen and oxygen atoms in total. The highest BCUT2D eigenvalue weighted by molar-refractivity contribution is 5.68. The summed E-state index contributed by atoms with van der Waals surface area (Å²) in [6.45, 7) is 4.30. The van der Waals surface area contributed by atoms with E-state index in [4.69, 9.17) is 23.7 Å². The van der Waals surface area contributed by atoms with Crippen molar-refractivity contribution in [2.45, 2.75) is 108 Å². The van der Waals surface area contributed by atoms with E-state index in [0.717, 1.165) is 25.0 Å². The number of hydrogen-bond acceptors (Lipinski definition) is 11. The predicted octanol–water partition coefficient (Wildman–Crippen LogP) is 6.41. The Balaban J connectivity index is 1.64. The number of carbonyl (C=O) groups excluding carboxylic acids is 3. The van der Waals surface area contributed by atoms with Crippen LogP contribution in [-0.2, 0) is 46.4 Å². The molecule has 0 unspecified atom stereocenters. The van der Waals surface area contributed by atoms with Gasteiger partial charge >= 0.3 is 18.0 Å². The van der Waals surface area contributed by atoms with E-state index in [9.17, 15) is 31.0 Å². The second kappa shape index (κ2) is 18.3. The fraction of sp³-hybridized carbons (Fsp3) is 0.531. The third-order valence-electron chi connectivity index (χ3n) is 8.42. The van der Waals surface area contributed by atoms with Gasteiger partial charge in [-0.1, -0.05) is 76.0 Å². The van der Waals surface area contributed by atoms with Crippen molar-refractivity contribution in [1.82, 2.24) is 4.90 Å². The van der Waals surface area contributed by atoms with Crippen LogP contribution in [0.1, 0.15) is 51.2 Å². The number of carbonyl (C=O) groups is 3. The predicted molar refractivity (Wildman–Crippen MR) is 175 cm³/mol. The quantitative estimate of drug-likeness (QED) is 0.0745. The average Bonchev–Trinajstić information content (AvgIpc) is 3.10. The fourth-order valence-corrected chi connectivity index (χ4v) is 6.10. The van der Waals surface area contributed by atoms with Crippen LogP contribution in [0.4, 0.5) is 4.79 Å². The Kier molecular flexibility index (Phi) is 13.7. The van der Waals surface area contributed by atoms with E-state index in [1.165, 1.54) is 0 Å². The van der Waals surface area contributed by atoms with Gasteiger partial charge in [0.05, 0.1) is 30.3 Å². The first kappa shape index (κ1) is 37.3. The molecule has 18 heteroatoms. The fourth-order valence-electron chi connectivity index (χ4n) is 6.10. The summed E-state index contributed by atoms with van der Waals surface area (Å²) in [7, 11) is 0. The molecule has 9 atom stereocenters. The molecular weight excluding hydrogens is 652 g/mol. The molecule has 1 aliphatic heterocycles. The smallest absolute Gasteiger partial charge is 0.410 e. The summed E-state index contributed by atoms with van der Waals surface area (Å²) in [5, 5.41) is 11.4. The molecule has 1 saturated heterocycles. The van der Waals surface area contributed by atoms with E-state index >= 15 is 0 Å². The molecule has 0 bridgehead atoms. The zero-order valence-electron chi connectivity index (χ0n) is 27.7. The van der Waals surface area contributed by atoms with Gasteiger partial charge in [-0.15, -0.1) is 0 Å². The van der Waals surface area contributed by atoms with Gasteiger partial charge in [0.15, 0.2) is 12.4 Å². The first-order chi connectivity index (χ1) is 24.1. The molecule has 4 rings (SSSR count).